The van der Waals surface area contributed by atoms with Gasteiger partial charge in [0.25, 0.3) is 0 Å². The Hall–Kier alpha value is -0.900. The average molecular weight is 322 g/mol. The van der Waals surface area contributed by atoms with Gasteiger partial charge in [0.15, 0.2) is 0 Å². The minimum absolute atomic E-state index is 0.0845. The van der Waals surface area contributed by atoms with Gasteiger partial charge in [-0.15, -0.1) is 0 Å². The molecule has 0 unspecified atom stereocenters. The molecule has 1 saturated heterocycles. The van der Waals surface area contributed by atoms with Gasteiger partial charge >= 0.3 is 0 Å². The van der Waals surface area contributed by atoms with Crippen molar-refractivity contribution in [3.8, 4) is 0 Å². The van der Waals surface area contributed by atoms with Crippen molar-refractivity contribution in [2.75, 3.05) is 26.2 Å². The van der Waals surface area contributed by atoms with E-state index >= 15 is 0 Å². The second-order valence-corrected chi connectivity index (χ2v) is 8.31. The molecule has 2 aliphatic rings. The number of piperidine rings is 1. The lowest BCUT2D eigenvalue weighted by Crippen LogP contribution is -2.45. The number of rotatable bonds is 5. The quantitative estimate of drug-likeness (QED) is 0.846. The molecule has 4 heteroatoms. The van der Waals surface area contributed by atoms with Crippen molar-refractivity contribution in [1.29, 1.82) is 0 Å². The molecule has 1 aliphatic carbocycles. The van der Waals surface area contributed by atoms with Gasteiger partial charge in [-0.25, -0.2) is 0 Å². The molecule has 0 spiro atoms. The second-order valence-electron chi connectivity index (χ2n) is 8.31. The third kappa shape index (κ3) is 5.30. The number of nitrogens with one attached hydrogen (secondary N) is 1. The Morgan fingerprint density at radius 2 is 1.57 bits per heavy atom. The van der Waals surface area contributed by atoms with Crippen LogP contribution in [0.5, 0.6) is 0 Å². The summed E-state index contributed by atoms with van der Waals surface area (Å²) in [4.78, 5) is 27.7. The Morgan fingerprint density at radius 3 is 2.17 bits per heavy atom. The summed E-state index contributed by atoms with van der Waals surface area (Å²) in [5.41, 5.74) is -0.353. The maximum Gasteiger partial charge on any atom is 0.223 e. The molecule has 2 rings (SSSR count). The largest absolute Gasteiger partial charge is 0.355 e. The van der Waals surface area contributed by atoms with E-state index in [4.69, 9.17) is 0 Å². The van der Waals surface area contributed by atoms with E-state index in [0.717, 1.165) is 45.3 Å². The Bertz CT molecular complexity index is 408. The van der Waals surface area contributed by atoms with Gasteiger partial charge in [-0.2, -0.15) is 0 Å². The van der Waals surface area contributed by atoms with E-state index < -0.39 is 0 Å². The molecule has 0 radical (unpaired) electrons. The van der Waals surface area contributed by atoms with Crippen LogP contribution in [-0.2, 0) is 9.59 Å². The summed E-state index contributed by atoms with van der Waals surface area (Å²) in [7, 11) is 0. The second kappa shape index (κ2) is 8.27. The van der Waals surface area contributed by atoms with Crippen LogP contribution in [0.3, 0.4) is 0 Å². The zero-order valence-electron chi connectivity index (χ0n) is 15.2. The van der Waals surface area contributed by atoms with Crippen LogP contribution in [0, 0.1) is 17.3 Å². The van der Waals surface area contributed by atoms with Gasteiger partial charge in [-0.1, -0.05) is 40.0 Å². The molecule has 132 valence electrons. The predicted molar refractivity (Wildman–Crippen MR) is 93.2 cm³/mol. The molecule has 1 heterocycles. The third-order valence-corrected chi connectivity index (χ3v) is 5.35. The van der Waals surface area contributed by atoms with E-state index in [-0.39, 0.29) is 28.9 Å². The molecule has 0 aromatic rings. The zero-order chi connectivity index (χ0) is 16.9. The summed E-state index contributed by atoms with van der Waals surface area (Å²) in [6.45, 7) is 9.87. The lowest BCUT2D eigenvalue weighted by molar-refractivity contribution is -0.139. The normalized spacial score (nSPS) is 26.7. The van der Waals surface area contributed by atoms with Crippen LogP contribution in [0.25, 0.3) is 0 Å². The van der Waals surface area contributed by atoms with E-state index in [1.54, 1.807) is 0 Å². The van der Waals surface area contributed by atoms with Crippen LogP contribution in [0.2, 0.25) is 0 Å². The van der Waals surface area contributed by atoms with Crippen molar-refractivity contribution in [2.24, 2.45) is 17.3 Å². The van der Waals surface area contributed by atoms with Gasteiger partial charge in [0.05, 0.1) is 0 Å². The molecule has 23 heavy (non-hydrogen) atoms. The fourth-order valence-corrected chi connectivity index (χ4v) is 3.97. The molecule has 2 atom stereocenters. The molecule has 0 aromatic heterocycles. The standard InChI is InChI=1S/C19H34N2O2/c1-19(2,3)17(22)15-9-5-6-10-16(15)18(23)20-11-14-21-12-7-4-8-13-21/h15-16H,4-14H2,1-3H3,(H,20,23)/t15-,16+/m0/s1. The molecular weight excluding hydrogens is 288 g/mol. The molecule has 1 N–H and O–H groups in total. The van der Waals surface area contributed by atoms with E-state index in [9.17, 15) is 9.59 Å². The molecule has 4 nitrogen and oxygen atoms in total. The summed E-state index contributed by atoms with van der Waals surface area (Å²) >= 11 is 0. The van der Waals surface area contributed by atoms with Crippen LogP contribution < -0.4 is 5.32 Å². The molecule has 1 amide bonds. The maximum absolute atomic E-state index is 12.7. The van der Waals surface area contributed by atoms with Crippen LogP contribution in [-0.4, -0.2) is 42.8 Å². The van der Waals surface area contributed by atoms with Gasteiger partial charge in [-0.05, 0) is 38.8 Å². The number of Topliss-reactive ketones (excluding diaryl/α,β-unsaturated/α-hetero) is 1. The third-order valence-electron chi connectivity index (χ3n) is 5.35. The van der Waals surface area contributed by atoms with E-state index in [0.29, 0.717) is 6.54 Å². The highest BCUT2D eigenvalue weighted by molar-refractivity contribution is 5.91. The molecule has 2 fully saturated rings. The molecule has 1 aliphatic heterocycles. The molecule has 0 aromatic carbocycles. The topological polar surface area (TPSA) is 49.4 Å². The van der Waals surface area contributed by atoms with Crippen molar-refractivity contribution in [3.63, 3.8) is 0 Å². The fraction of sp³-hybridized carbons (Fsp3) is 0.895. The van der Waals surface area contributed by atoms with E-state index in [1.165, 1.54) is 19.3 Å². The Kier molecular flexibility index (Phi) is 6.63. The SMILES string of the molecule is CC(C)(C)C(=O)[C@H]1CCCC[C@H]1C(=O)NCCN1CCCCC1. The molecule has 1 saturated carbocycles. The smallest absolute Gasteiger partial charge is 0.223 e. The predicted octanol–water partition coefficient (Wildman–Crippen LogP) is 3.01. The maximum atomic E-state index is 12.7. The number of hydrogen-bond donors (Lipinski definition) is 1. The van der Waals surface area contributed by atoms with Crippen molar-refractivity contribution in [1.82, 2.24) is 10.2 Å². The van der Waals surface area contributed by atoms with Gasteiger partial charge in [-0.3, -0.25) is 9.59 Å². The number of hydrogen-bond acceptors (Lipinski definition) is 3. The number of amides is 1. The highest BCUT2D eigenvalue weighted by Crippen LogP contribution is 2.35. The highest BCUT2D eigenvalue weighted by atomic mass is 16.2. The average Bonchev–Trinajstić information content (AvgIpc) is 2.54. The van der Waals surface area contributed by atoms with Gasteiger partial charge in [0.2, 0.25) is 5.91 Å². The van der Waals surface area contributed by atoms with Gasteiger partial charge < -0.3 is 10.2 Å². The van der Waals surface area contributed by atoms with Gasteiger partial charge in [0.1, 0.15) is 5.78 Å². The van der Waals surface area contributed by atoms with Gasteiger partial charge in [0, 0.05) is 30.3 Å². The number of carbonyl (C=O) groups is 2. The number of carbonyl (C=O) groups excluding carboxylic acids is 2. The van der Waals surface area contributed by atoms with Crippen LogP contribution in [0.4, 0.5) is 0 Å². The first-order chi connectivity index (χ1) is 10.9. The summed E-state index contributed by atoms with van der Waals surface area (Å²) < 4.78 is 0. The van der Waals surface area contributed by atoms with Crippen LogP contribution in [0.15, 0.2) is 0 Å². The first-order valence-electron chi connectivity index (χ1n) is 9.44. The Labute approximate surface area is 141 Å². The first kappa shape index (κ1) is 18.4. The lowest BCUT2D eigenvalue weighted by Gasteiger charge is -2.34. The van der Waals surface area contributed by atoms with E-state index in [1.807, 2.05) is 20.8 Å². The highest BCUT2D eigenvalue weighted by Gasteiger charge is 2.39. The number of ketones is 1. The fourth-order valence-electron chi connectivity index (χ4n) is 3.97. The van der Waals surface area contributed by atoms with Crippen molar-refractivity contribution >= 4 is 11.7 Å². The van der Waals surface area contributed by atoms with Crippen LogP contribution >= 0.6 is 0 Å². The first-order valence-corrected chi connectivity index (χ1v) is 9.44. The summed E-state index contributed by atoms with van der Waals surface area (Å²) in [6.07, 6.45) is 7.77. The van der Waals surface area contributed by atoms with Crippen molar-refractivity contribution < 1.29 is 9.59 Å². The molecular formula is C19H34N2O2. The van der Waals surface area contributed by atoms with E-state index in [2.05, 4.69) is 10.2 Å². The molecule has 0 bridgehead atoms. The zero-order valence-corrected chi connectivity index (χ0v) is 15.2. The summed E-state index contributed by atoms with van der Waals surface area (Å²) in [5, 5.41) is 3.10. The monoisotopic (exact) mass is 322 g/mol. The van der Waals surface area contributed by atoms with Crippen LogP contribution in [0.1, 0.15) is 65.7 Å². The summed E-state index contributed by atoms with van der Waals surface area (Å²) in [6, 6.07) is 0. The van der Waals surface area contributed by atoms with Crippen molar-refractivity contribution in [2.45, 2.75) is 65.7 Å². The summed E-state index contributed by atoms with van der Waals surface area (Å²) in [5.74, 6) is 0.160. The minimum atomic E-state index is -0.353. The Morgan fingerprint density at radius 1 is 0.957 bits per heavy atom. The Balaban J connectivity index is 1.84. The number of likely N-dealkylation sites (tertiary alicyclic amines) is 1. The minimum Gasteiger partial charge on any atom is -0.355 e. The lowest BCUT2D eigenvalue weighted by atomic mass is 9.70. The number of nitrogens with zero attached hydrogens (tertiary/aromatic N) is 1. The van der Waals surface area contributed by atoms with Crippen molar-refractivity contribution in [3.05, 3.63) is 0 Å².